The number of nitrogens with zero attached hydrogens (tertiary/aromatic N) is 5. The van der Waals surface area contributed by atoms with Gasteiger partial charge in [0.15, 0.2) is 0 Å². The van der Waals surface area contributed by atoms with E-state index in [2.05, 4.69) is 19.9 Å². The van der Waals surface area contributed by atoms with Crippen LogP contribution in [-0.2, 0) is 4.74 Å². The van der Waals surface area contributed by atoms with Crippen LogP contribution in [0.1, 0.15) is 0 Å². The molecule has 0 radical (unpaired) electrons. The number of morpholine rings is 1. The first-order valence-corrected chi connectivity index (χ1v) is 8.07. The van der Waals surface area contributed by atoms with Gasteiger partial charge in [0, 0.05) is 36.4 Å². The molecule has 0 atom stereocenters. The molecular weight excluding hydrogens is 347 g/mol. The molecule has 1 aliphatic heterocycles. The monoisotopic (exact) mass is 360 g/mol. The van der Waals surface area contributed by atoms with E-state index in [1.165, 1.54) is 12.1 Å². The second-order valence-electron chi connectivity index (χ2n) is 5.59. The number of rotatable bonds is 2. The molecule has 4 rings (SSSR count). The molecule has 128 valence electrons. The van der Waals surface area contributed by atoms with E-state index in [0.717, 1.165) is 0 Å². The van der Waals surface area contributed by atoms with Crippen molar-refractivity contribution in [1.82, 2.24) is 19.9 Å². The molecule has 0 spiro atoms. The zero-order chi connectivity index (χ0) is 17.4. The van der Waals surface area contributed by atoms with E-state index < -0.39 is 5.82 Å². The average molecular weight is 361 g/mol. The second-order valence-corrected chi connectivity index (χ2v) is 5.99. The molecule has 2 aromatic heterocycles. The fourth-order valence-electron chi connectivity index (χ4n) is 2.73. The minimum atomic E-state index is -0.460. The fourth-order valence-corrected chi connectivity index (χ4v) is 2.98. The summed E-state index contributed by atoms with van der Waals surface area (Å²) in [5, 5.41) is 0.722. The molecule has 1 aliphatic rings. The van der Waals surface area contributed by atoms with Crippen LogP contribution >= 0.6 is 11.6 Å². The minimum absolute atomic E-state index is 0.153. The van der Waals surface area contributed by atoms with Crippen molar-refractivity contribution in [3.8, 4) is 11.3 Å². The quantitative estimate of drug-likeness (QED) is 0.749. The number of nitrogens with two attached hydrogens (primary N) is 1. The fraction of sp³-hybridized carbons (Fsp3) is 0.250. The van der Waals surface area contributed by atoms with Crippen molar-refractivity contribution in [3.63, 3.8) is 0 Å². The van der Waals surface area contributed by atoms with Crippen LogP contribution in [0.5, 0.6) is 0 Å². The van der Waals surface area contributed by atoms with Gasteiger partial charge in [0.1, 0.15) is 5.82 Å². The van der Waals surface area contributed by atoms with Gasteiger partial charge in [0.2, 0.25) is 11.9 Å². The summed E-state index contributed by atoms with van der Waals surface area (Å²) in [5.74, 6) is 0.202. The van der Waals surface area contributed by atoms with Crippen molar-refractivity contribution >= 4 is 34.4 Å². The van der Waals surface area contributed by atoms with E-state index in [4.69, 9.17) is 22.1 Å². The Labute approximate surface area is 147 Å². The molecule has 0 bridgehead atoms. The van der Waals surface area contributed by atoms with Gasteiger partial charge in [-0.1, -0.05) is 11.6 Å². The minimum Gasteiger partial charge on any atom is -0.378 e. The summed E-state index contributed by atoms with van der Waals surface area (Å²) in [4.78, 5) is 19.2. The van der Waals surface area contributed by atoms with Crippen LogP contribution in [0.15, 0.2) is 24.5 Å². The first-order valence-electron chi connectivity index (χ1n) is 7.69. The van der Waals surface area contributed by atoms with Crippen LogP contribution in [0.2, 0.25) is 5.02 Å². The maximum Gasteiger partial charge on any atom is 0.226 e. The number of halogens is 2. The van der Waals surface area contributed by atoms with Crippen LogP contribution in [0.3, 0.4) is 0 Å². The molecule has 2 N–H and O–H groups in total. The highest BCUT2D eigenvalue weighted by atomic mass is 35.5. The van der Waals surface area contributed by atoms with E-state index >= 15 is 0 Å². The molecule has 3 aromatic rings. The highest BCUT2D eigenvalue weighted by Crippen LogP contribution is 2.32. The summed E-state index contributed by atoms with van der Waals surface area (Å²) in [6, 6.07) is 2.60. The third-order valence-electron chi connectivity index (χ3n) is 3.95. The lowest BCUT2D eigenvalue weighted by Crippen LogP contribution is -2.37. The highest BCUT2D eigenvalue weighted by molar-refractivity contribution is 6.35. The van der Waals surface area contributed by atoms with Gasteiger partial charge in [0.05, 0.1) is 29.4 Å². The standard InChI is InChI=1S/C16H14ClFN6O/c17-12-6-10(18)5-11-13(9-7-20-15(19)21-8-9)22-16(23-14(11)12)24-1-3-25-4-2-24/h5-8H,1-4H2,(H2,19,20,21). The summed E-state index contributed by atoms with van der Waals surface area (Å²) in [6.45, 7) is 2.53. The van der Waals surface area contributed by atoms with Gasteiger partial charge >= 0.3 is 0 Å². The predicted octanol–water partition coefficient (Wildman–Crippen LogP) is 2.30. The number of hydrogen-bond donors (Lipinski definition) is 1. The first-order chi connectivity index (χ1) is 12.1. The van der Waals surface area contributed by atoms with E-state index in [1.807, 2.05) is 4.90 Å². The number of ether oxygens (including phenoxy) is 1. The van der Waals surface area contributed by atoms with Gasteiger partial charge in [-0.2, -0.15) is 0 Å². The average Bonchev–Trinajstić information content (AvgIpc) is 2.62. The Morgan fingerprint density at radius 2 is 1.84 bits per heavy atom. The predicted molar refractivity (Wildman–Crippen MR) is 93.0 cm³/mol. The van der Waals surface area contributed by atoms with E-state index in [0.29, 0.717) is 54.4 Å². The van der Waals surface area contributed by atoms with Gasteiger partial charge in [0.25, 0.3) is 0 Å². The molecule has 9 heteroatoms. The molecule has 7 nitrogen and oxygen atoms in total. The maximum atomic E-state index is 13.9. The number of fused-ring (bicyclic) bond motifs is 1. The van der Waals surface area contributed by atoms with Crippen molar-refractivity contribution in [2.24, 2.45) is 0 Å². The van der Waals surface area contributed by atoms with Gasteiger partial charge in [-0.05, 0) is 12.1 Å². The molecule has 0 amide bonds. The largest absolute Gasteiger partial charge is 0.378 e. The molecule has 1 aromatic carbocycles. The number of hydrogen-bond acceptors (Lipinski definition) is 7. The van der Waals surface area contributed by atoms with Gasteiger partial charge < -0.3 is 15.4 Å². The number of nitrogen functional groups attached to an aromatic ring is 1. The summed E-state index contributed by atoms with van der Waals surface area (Å²) in [7, 11) is 0. The topological polar surface area (TPSA) is 90.0 Å². The Hall–Kier alpha value is -2.58. The lowest BCUT2D eigenvalue weighted by atomic mass is 10.1. The summed E-state index contributed by atoms with van der Waals surface area (Å²) < 4.78 is 19.3. The van der Waals surface area contributed by atoms with E-state index in [-0.39, 0.29) is 11.0 Å². The molecule has 0 saturated carbocycles. The zero-order valence-corrected chi connectivity index (χ0v) is 13.9. The van der Waals surface area contributed by atoms with Crippen LogP contribution < -0.4 is 10.6 Å². The Morgan fingerprint density at radius 1 is 1.12 bits per heavy atom. The lowest BCUT2D eigenvalue weighted by Gasteiger charge is -2.27. The first kappa shape index (κ1) is 15.9. The number of benzene rings is 1. The third kappa shape index (κ3) is 3.06. The molecule has 0 unspecified atom stereocenters. The third-order valence-corrected chi connectivity index (χ3v) is 4.23. The summed E-state index contributed by atoms with van der Waals surface area (Å²) in [6.07, 6.45) is 3.10. The molecule has 1 fully saturated rings. The second kappa shape index (κ2) is 6.38. The lowest BCUT2D eigenvalue weighted by molar-refractivity contribution is 0.122. The van der Waals surface area contributed by atoms with Gasteiger partial charge in [-0.3, -0.25) is 0 Å². The highest BCUT2D eigenvalue weighted by Gasteiger charge is 2.19. The van der Waals surface area contributed by atoms with Crippen molar-refractivity contribution in [1.29, 1.82) is 0 Å². The van der Waals surface area contributed by atoms with Gasteiger partial charge in [-0.25, -0.2) is 24.3 Å². The van der Waals surface area contributed by atoms with Crippen molar-refractivity contribution in [2.45, 2.75) is 0 Å². The normalized spacial score (nSPS) is 14.9. The SMILES string of the molecule is Nc1ncc(-c2nc(N3CCOCC3)nc3c(Cl)cc(F)cc23)cn1. The van der Waals surface area contributed by atoms with Crippen molar-refractivity contribution in [2.75, 3.05) is 36.9 Å². The molecule has 1 saturated heterocycles. The molecule has 0 aliphatic carbocycles. The van der Waals surface area contributed by atoms with Crippen LogP contribution in [0.25, 0.3) is 22.2 Å². The van der Waals surface area contributed by atoms with E-state index in [1.54, 1.807) is 12.4 Å². The Balaban J connectivity index is 1.95. The van der Waals surface area contributed by atoms with Crippen LogP contribution in [0.4, 0.5) is 16.3 Å². The van der Waals surface area contributed by atoms with Crippen LogP contribution in [0, 0.1) is 5.82 Å². The van der Waals surface area contributed by atoms with Crippen molar-refractivity contribution in [3.05, 3.63) is 35.4 Å². The summed E-state index contributed by atoms with van der Waals surface area (Å²) in [5.41, 5.74) is 7.15. The number of aromatic nitrogens is 4. The zero-order valence-electron chi connectivity index (χ0n) is 13.1. The maximum absolute atomic E-state index is 13.9. The Bertz CT molecular complexity index is 930. The Morgan fingerprint density at radius 3 is 2.56 bits per heavy atom. The Kier molecular flexibility index (Phi) is 4.06. The molecular formula is C16H14ClFN6O. The van der Waals surface area contributed by atoms with Crippen LogP contribution in [-0.4, -0.2) is 46.2 Å². The van der Waals surface area contributed by atoms with E-state index in [9.17, 15) is 4.39 Å². The molecule has 25 heavy (non-hydrogen) atoms. The smallest absolute Gasteiger partial charge is 0.226 e. The number of anilines is 2. The molecule has 3 heterocycles. The summed E-state index contributed by atoms with van der Waals surface area (Å²) >= 11 is 6.23. The van der Waals surface area contributed by atoms with Gasteiger partial charge in [-0.15, -0.1) is 0 Å². The van der Waals surface area contributed by atoms with Crippen molar-refractivity contribution < 1.29 is 9.13 Å².